The largest absolute Gasteiger partial charge is 0.375 e. The van der Waals surface area contributed by atoms with Gasteiger partial charge in [-0.3, -0.25) is 9.59 Å². The number of methoxy groups -OCH3 is 1. The van der Waals surface area contributed by atoms with Crippen molar-refractivity contribution in [3.8, 4) is 0 Å². The average Bonchev–Trinajstić information content (AvgIpc) is 3.21. The van der Waals surface area contributed by atoms with Crippen molar-refractivity contribution in [1.29, 1.82) is 0 Å². The maximum absolute atomic E-state index is 12.6. The number of ether oxygens (including phenoxy) is 1. The summed E-state index contributed by atoms with van der Waals surface area (Å²) < 4.78 is 7.03. The molecule has 0 aliphatic carbocycles. The van der Waals surface area contributed by atoms with E-state index in [0.29, 0.717) is 16.9 Å². The van der Waals surface area contributed by atoms with E-state index in [9.17, 15) is 9.59 Å². The van der Waals surface area contributed by atoms with Gasteiger partial charge in [0.25, 0.3) is 5.91 Å². The molecule has 8 heteroatoms. The van der Waals surface area contributed by atoms with Crippen molar-refractivity contribution in [3.63, 3.8) is 0 Å². The molecule has 0 saturated carbocycles. The standard InChI is InChI=1S/C24H21N3O3S2/c1-30-14-22(28)25-18-5-4-6-19(13-18)26-23(29)17-11-9-16(10-12-17)15-31-24-27-20-7-2-3-8-21(20)32-24/h2-13H,14-15H2,1H3,(H,25,28)(H,26,29). The first kappa shape index (κ1) is 22.0. The average molecular weight is 464 g/mol. The highest BCUT2D eigenvalue weighted by Crippen LogP contribution is 2.31. The van der Waals surface area contributed by atoms with E-state index in [1.54, 1.807) is 47.4 Å². The fourth-order valence-corrected chi connectivity index (χ4v) is 5.04. The van der Waals surface area contributed by atoms with Crippen LogP contribution in [0.5, 0.6) is 0 Å². The molecule has 6 nitrogen and oxygen atoms in total. The monoisotopic (exact) mass is 463 g/mol. The fourth-order valence-electron chi connectivity index (χ4n) is 3.02. The lowest BCUT2D eigenvalue weighted by molar-refractivity contribution is -0.119. The van der Waals surface area contributed by atoms with Gasteiger partial charge in [-0.15, -0.1) is 11.3 Å². The molecule has 1 aromatic heterocycles. The zero-order valence-corrected chi connectivity index (χ0v) is 19.0. The van der Waals surface area contributed by atoms with E-state index in [-0.39, 0.29) is 18.4 Å². The molecule has 162 valence electrons. The third-order valence-corrected chi connectivity index (χ3v) is 6.78. The van der Waals surface area contributed by atoms with Gasteiger partial charge in [-0.25, -0.2) is 4.98 Å². The second-order valence-electron chi connectivity index (χ2n) is 6.95. The second kappa shape index (κ2) is 10.4. The Bertz CT molecular complexity index is 1210. The molecule has 0 aliphatic rings. The molecule has 0 fully saturated rings. The lowest BCUT2D eigenvalue weighted by Crippen LogP contribution is -2.17. The Balaban J connectivity index is 1.34. The normalized spacial score (nSPS) is 10.8. The fraction of sp³-hybridized carbons (Fsp3) is 0.125. The summed E-state index contributed by atoms with van der Waals surface area (Å²) in [4.78, 5) is 28.9. The van der Waals surface area contributed by atoms with Gasteiger partial charge in [0.05, 0.1) is 10.2 Å². The summed E-state index contributed by atoms with van der Waals surface area (Å²) >= 11 is 3.38. The maximum Gasteiger partial charge on any atom is 0.255 e. The second-order valence-corrected chi connectivity index (χ2v) is 9.20. The Kier molecular flexibility index (Phi) is 7.16. The minimum Gasteiger partial charge on any atom is -0.375 e. The van der Waals surface area contributed by atoms with Crippen LogP contribution >= 0.6 is 23.1 Å². The van der Waals surface area contributed by atoms with E-state index in [0.717, 1.165) is 21.2 Å². The summed E-state index contributed by atoms with van der Waals surface area (Å²) in [5.41, 5.74) is 3.89. The molecule has 0 atom stereocenters. The number of hydrogen-bond acceptors (Lipinski definition) is 6. The van der Waals surface area contributed by atoms with Gasteiger partial charge in [0, 0.05) is 29.8 Å². The predicted octanol–water partition coefficient (Wildman–Crippen LogP) is 5.43. The summed E-state index contributed by atoms with van der Waals surface area (Å²) in [5, 5.41) is 5.58. The molecule has 2 amide bonds. The minimum atomic E-state index is -0.254. The summed E-state index contributed by atoms with van der Waals surface area (Å²) in [6.45, 7) is -0.0276. The number of nitrogens with zero attached hydrogens (tertiary/aromatic N) is 1. The van der Waals surface area contributed by atoms with Gasteiger partial charge < -0.3 is 15.4 Å². The van der Waals surface area contributed by atoms with Crippen LogP contribution in [0.2, 0.25) is 0 Å². The van der Waals surface area contributed by atoms with Gasteiger partial charge in [-0.1, -0.05) is 42.1 Å². The molecule has 0 spiro atoms. The highest BCUT2D eigenvalue weighted by molar-refractivity contribution is 8.00. The number of nitrogens with one attached hydrogen (secondary N) is 2. The third-order valence-electron chi connectivity index (χ3n) is 4.53. The molecule has 0 radical (unpaired) electrons. The van der Waals surface area contributed by atoms with E-state index in [4.69, 9.17) is 4.74 Å². The smallest absolute Gasteiger partial charge is 0.255 e. The topological polar surface area (TPSA) is 80.3 Å². The molecule has 0 unspecified atom stereocenters. The quantitative estimate of drug-likeness (QED) is 0.341. The first-order valence-corrected chi connectivity index (χ1v) is 11.7. The Labute approximate surface area is 194 Å². The van der Waals surface area contributed by atoms with Gasteiger partial charge in [-0.2, -0.15) is 0 Å². The van der Waals surface area contributed by atoms with Crippen molar-refractivity contribution >= 4 is 56.5 Å². The lowest BCUT2D eigenvalue weighted by Gasteiger charge is -2.09. The maximum atomic E-state index is 12.6. The molecular formula is C24H21N3O3S2. The van der Waals surface area contributed by atoms with Crippen LogP contribution in [-0.4, -0.2) is 30.5 Å². The molecule has 2 N–H and O–H groups in total. The number of hydrogen-bond donors (Lipinski definition) is 2. The summed E-state index contributed by atoms with van der Waals surface area (Å²) in [6.07, 6.45) is 0. The lowest BCUT2D eigenvalue weighted by atomic mass is 10.1. The Morgan fingerprint density at radius 1 is 0.969 bits per heavy atom. The van der Waals surface area contributed by atoms with Crippen molar-refractivity contribution in [2.45, 2.75) is 10.1 Å². The number of carbonyl (C=O) groups excluding carboxylic acids is 2. The number of thiazole rings is 1. The molecule has 3 aromatic carbocycles. The minimum absolute atomic E-state index is 0.0276. The first-order valence-electron chi connectivity index (χ1n) is 9.88. The number of anilines is 2. The zero-order valence-electron chi connectivity index (χ0n) is 17.3. The summed E-state index contributed by atoms with van der Waals surface area (Å²) in [6, 6.07) is 22.6. The number of carbonyl (C=O) groups is 2. The van der Waals surface area contributed by atoms with Crippen LogP contribution in [-0.2, 0) is 15.3 Å². The van der Waals surface area contributed by atoms with E-state index in [2.05, 4.69) is 21.7 Å². The number of aromatic nitrogens is 1. The van der Waals surface area contributed by atoms with Crippen LogP contribution in [0, 0.1) is 0 Å². The number of thioether (sulfide) groups is 1. The van der Waals surface area contributed by atoms with Gasteiger partial charge in [0.1, 0.15) is 6.61 Å². The van der Waals surface area contributed by atoms with Crippen LogP contribution in [0.15, 0.2) is 77.1 Å². The highest BCUT2D eigenvalue weighted by atomic mass is 32.2. The SMILES string of the molecule is COCC(=O)Nc1cccc(NC(=O)c2ccc(CSc3nc4ccccc4s3)cc2)c1. The molecule has 32 heavy (non-hydrogen) atoms. The first-order chi connectivity index (χ1) is 15.6. The van der Waals surface area contributed by atoms with Gasteiger partial charge in [-0.05, 0) is 48.0 Å². The third kappa shape index (κ3) is 5.73. The zero-order chi connectivity index (χ0) is 22.3. The number of benzene rings is 3. The van der Waals surface area contributed by atoms with Crippen molar-refractivity contribution in [2.24, 2.45) is 0 Å². The van der Waals surface area contributed by atoms with Gasteiger partial charge in [0.2, 0.25) is 5.91 Å². The Hall–Kier alpha value is -3.20. The van der Waals surface area contributed by atoms with E-state index in [1.165, 1.54) is 11.8 Å². The van der Waals surface area contributed by atoms with E-state index in [1.807, 2.05) is 42.5 Å². The number of fused-ring (bicyclic) bond motifs is 1. The van der Waals surface area contributed by atoms with Gasteiger partial charge in [0.15, 0.2) is 4.34 Å². The molecule has 4 aromatic rings. The number of rotatable bonds is 8. The molecular weight excluding hydrogens is 442 g/mol. The highest BCUT2D eigenvalue weighted by Gasteiger charge is 2.09. The number of para-hydroxylation sites is 1. The summed E-state index contributed by atoms with van der Waals surface area (Å²) in [5.74, 6) is 0.316. The van der Waals surface area contributed by atoms with Crippen LogP contribution in [0.1, 0.15) is 15.9 Å². The van der Waals surface area contributed by atoms with Crippen LogP contribution in [0.4, 0.5) is 11.4 Å². The molecule has 1 heterocycles. The molecule has 4 rings (SSSR count). The van der Waals surface area contributed by atoms with Crippen LogP contribution < -0.4 is 10.6 Å². The number of amides is 2. The van der Waals surface area contributed by atoms with Crippen molar-refractivity contribution in [2.75, 3.05) is 24.4 Å². The van der Waals surface area contributed by atoms with Crippen molar-refractivity contribution in [1.82, 2.24) is 4.98 Å². The molecule has 0 aliphatic heterocycles. The Morgan fingerprint density at radius 3 is 2.47 bits per heavy atom. The predicted molar refractivity (Wildman–Crippen MR) is 131 cm³/mol. The van der Waals surface area contributed by atoms with Gasteiger partial charge >= 0.3 is 0 Å². The molecule has 0 bridgehead atoms. The van der Waals surface area contributed by atoms with Crippen LogP contribution in [0.25, 0.3) is 10.2 Å². The Morgan fingerprint density at radius 2 is 1.72 bits per heavy atom. The molecule has 0 saturated heterocycles. The van der Waals surface area contributed by atoms with Crippen molar-refractivity contribution in [3.05, 3.63) is 83.9 Å². The van der Waals surface area contributed by atoms with Crippen molar-refractivity contribution < 1.29 is 14.3 Å². The van der Waals surface area contributed by atoms with E-state index >= 15 is 0 Å². The summed E-state index contributed by atoms with van der Waals surface area (Å²) in [7, 11) is 1.46. The van der Waals surface area contributed by atoms with E-state index < -0.39 is 0 Å². The van der Waals surface area contributed by atoms with Crippen LogP contribution in [0.3, 0.4) is 0 Å².